The average Bonchev–Trinajstić information content (AvgIpc) is 3.01. The standard InChI is InChI=1S/C19H24N2O3S/c1-3-24-18(23)12-11-16-9-7-15(8-10-16)5-4-6-17-13-25-19(21-17)20-14(2)22/h7-10,13H,3-6,11-12H2,1-2H3,(H,20,21,22). The summed E-state index contributed by atoms with van der Waals surface area (Å²) in [6.07, 6.45) is 4.01. The summed E-state index contributed by atoms with van der Waals surface area (Å²) in [5.41, 5.74) is 3.44. The Kier molecular flexibility index (Phi) is 7.60. The summed E-state index contributed by atoms with van der Waals surface area (Å²) in [6.45, 7) is 3.74. The van der Waals surface area contributed by atoms with Crippen LogP contribution in [0.1, 0.15) is 43.5 Å². The number of rotatable bonds is 9. The van der Waals surface area contributed by atoms with Gasteiger partial charge in [0.05, 0.1) is 12.3 Å². The second-order valence-corrected chi connectivity index (χ2v) is 6.66. The van der Waals surface area contributed by atoms with Crippen LogP contribution in [0.25, 0.3) is 0 Å². The van der Waals surface area contributed by atoms with Gasteiger partial charge in [0.1, 0.15) is 0 Å². The number of ether oxygens (including phenoxy) is 1. The predicted molar refractivity (Wildman–Crippen MR) is 99.8 cm³/mol. The molecule has 0 fully saturated rings. The summed E-state index contributed by atoms with van der Waals surface area (Å²) in [5.74, 6) is -0.239. The molecule has 134 valence electrons. The molecule has 5 nitrogen and oxygen atoms in total. The third-order valence-electron chi connectivity index (χ3n) is 3.68. The Bertz CT molecular complexity index is 695. The Morgan fingerprint density at radius 2 is 1.80 bits per heavy atom. The van der Waals surface area contributed by atoms with Crippen molar-refractivity contribution in [1.29, 1.82) is 0 Å². The zero-order valence-electron chi connectivity index (χ0n) is 14.7. The molecule has 0 spiro atoms. The van der Waals surface area contributed by atoms with Gasteiger partial charge < -0.3 is 10.1 Å². The van der Waals surface area contributed by atoms with Crippen LogP contribution in [0.3, 0.4) is 0 Å². The molecule has 0 bridgehead atoms. The van der Waals surface area contributed by atoms with Crippen LogP contribution < -0.4 is 5.32 Å². The SMILES string of the molecule is CCOC(=O)CCc1ccc(CCCc2csc(NC(C)=O)n2)cc1. The third-order valence-corrected chi connectivity index (χ3v) is 4.49. The van der Waals surface area contributed by atoms with Crippen molar-refractivity contribution in [2.24, 2.45) is 0 Å². The van der Waals surface area contributed by atoms with E-state index >= 15 is 0 Å². The molecule has 2 rings (SSSR count). The molecule has 0 aliphatic rings. The first kappa shape index (κ1) is 19.1. The lowest BCUT2D eigenvalue weighted by atomic mass is 10.0. The van der Waals surface area contributed by atoms with Crippen LogP contribution in [0.5, 0.6) is 0 Å². The second-order valence-electron chi connectivity index (χ2n) is 5.80. The number of benzene rings is 1. The van der Waals surface area contributed by atoms with Crippen LogP contribution in [-0.2, 0) is 33.6 Å². The Morgan fingerprint density at radius 3 is 2.44 bits per heavy atom. The molecule has 1 N–H and O–H groups in total. The van der Waals surface area contributed by atoms with Gasteiger partial charge in [0, 0.05) is 18.7 Å². The highest BCUT2D eigenvalue weighted by atomic mass is 32.1. The first-order valence-electron chi connectivity index (χ1n) is 8.52. The smallest absolute Gasteiger partial charge is 0.306 e. The van der Waals surface area contributed by atoms with Gasteiger partial charge in [-0.1, -0.05) is 24.3 Å². The number of aromatic nitrogens is 1. The molecule has 0 saturated heterocycles. The monoisotopic (exact) mass is 360 g/mol. The fourth-order valence-electron chi connectivity index (χ4n) is 2.46. The molecule has 1 aromatic heterocycles. The van der Waals surface area contributed by atoms with Gasteiger partial charge in [-0.15, -0.1) is 11.3 Å². The highest BCUT2D eigenvalue weighted by Gasteiger charge is 2.05. The molecular weight excluding hydrogens is 336 g/mol. The molecular formula is C19H24N2O3S. The predicted octanol–water partition coefficient (Wildman–Crippen LogP) is 3.77. The van der Waals surface area contributed by atoms with E-state index in [1.807, 2.05) is 12.3 Å². The van der Waals surface area contributed by atoms with Crippen molar-refractivity contribution in [3.63, 3.8) is 0 Å². The maximum Gasteiger partial charge on any atom is 0.306 e. The third kappa shape index (κ3) is 7.05. The lowest BCUT2D eigenvalue weighted by Crippen LogP contribution is -2.05. The van der Waals surface area contributed by atoms with E-state index in [0.717, 1.165) is 30.5 Å². The first-order valence-corrected chi connectivity index (χ1v) is 9.40. The van der Waals surface area contributed by atoms with Crippen LogP contribution >= 0.6 is 11.3 Å². The summed E-state index contributed by atoms with van der Waals surface area (Å²) in [7, 11) is 0. The molecule has 25 heavy (non-hydrogen) atoms. The maximum atomic E-state index is 11.4. The van der Waals surface area contributed by atoms with Gasteiger partial charge in [-0.05, 0) is 43.7 Å². The van der Waals surface area contributed by atoms with E-state index in [4.69, 9.17) is 4.74 Å². The molecule has 2 aromatic rings. The Balaban J connectivity index is 1.73. The van der Waals surface area contributed by atoms with Gasteiger partial charge in [-0.2, -0.15) is 0 Å². The zero-order valence-corrected chi connectivity index (χ0v) is 15.5. The van der Waals surface area contributed by atoms with Crippen molar-refractivity contribution >= 4 is 28.3 Å². The number of nitrogens with zero attached hydrogens (tertiary/aromatic N) is 1. The van der Waals surface area contributed by atoms with E-state index in [1.54, 1.807) is 0 Å². The normalized spacial score (nSPS) is 10.5. The number of anilines is 1. The zero-order chi connectivity index (χ0) is 18.1. The Hall–Kier alpha value is -2.21. The van der Waals surface area contributed by atoms with Crippen molar-refractivity contribution < 1.29 is 14.3 Å². The number of esters is 1. The summed E-state index contributed by atoms with van der Waals surface area (Å²) in [4.78, 5) is 26.8. The van der Waals surface area contributed by atoms with Crippen molar-refractivity contribution in [3.05, 3.63) is 46.5 Å². The van der Waals surface area contributed by atoms with Crippen LogP contribution in [0.15, 0.2) is 29.6 Å². The van der Waals surface area contributed by atoms with Gasteiger partial charge in [0.25, 0.3) is 0 Å². The molecule has 0 aliphatic heterocycles. The summed E-state index contributed by atoms with van der Waals surface area (Å²) in [5, 5.41) is 5.35. The van der Waals surface area contributed by atoms with E-state index in [0.29, 0.717) is 24.6 Å². The Morgan fingerprint density at radius 1 is 1.12 bits per heavy atom. The molecule has 1 heterocycles. The highest BCUT2D eigenvalue weighted by Crippen LogP contribution is 2.17. The number of hydrogen-bond donors (Lipinski definition) is 1. The summed E-state index contributed by atoms with van der Waals surface area (Å²) < 4.78 is 4.94. The molecule has 0 aliphatic carbocycles. The number of amides is 1. The van der Waals surface area contributed by atoms with Gasteiger partial charge in [0.15, 0.2) is 5.13 Å². The van der Waals surface area contributed by atoms with Gasteiger partial charge in [0.2, 0.25) is 5.91 Å². The fraction of sp³-hybridized carbons (Fsp3) is 0.421. The van der Waals surface area contributed by atoms with E-state index in [9.17, 15) is 9.59 Å². The average molecular weight is 360 g/mol. The maximum absolute atomic E-state index is 11.4. The lowest BCUT2D eigenvalue weighted by Gasteiger charge is -2.04. The van der Waals surface area contributed by atoms with Crippen LogP contribution in [0.2, 0.25) is 0 Å². The molecule has 0 unspecified atom stereocenters. The first-order chi connectivity index (χ1) is 12.1. The van der Waals surface area contributed by atoms with Gasteiger partial charge in [-0.3, -0.25) is 9.59 Å². The van der Waals surface area contributed by atoms with E-state index < -0.39 is 0 Å². The molecule has 0 saturated carbocycles. The Labute approximate surface area is 152 Å². The van der Waals surface area contributed by atoms with Crippen molar-refractivity contribution in [1.82, 2.24) is 4.98 Å². The van der Waals surface area contributed by atoms with Crippen LogP contribution in [-0.4, -0.2) is 23.5 Å². The van der Waals surface area contributed by atoms with Gasteiger partial charge in [-0.25, -0.2) is 4.98 Å². The molecule has 6 heteroatoms. The number of thiazole rings is 1. The van der Waals surface area contributed by atoms with E-state index in [1.165, 1.54) is 23.8 Å². The number of aryl methyl sites for hydroxylation is 3. The highest BCUT2D eigenvalue weighted by molar-refractivity contribution is 7.13. The summed E-state index contributed by atoms with van der Waals surface area (Å²) >= 11 is 1.46. The molecule has 1 amide bonds. The number of hydrogen-bond acceptors (Lipinski definition) is 5. The minimum atomic E-state index is -0.145. The summed E-state index contributed by atoms with van der Waals surface area (Å²) in [6, 6.07) is 8.38. The fourth-order valence-corrected chi connectivity index (χ4v) is 3.25. The van der Waals surface area contributed by atoms with E-state index in [2.05, 4.69) is 34.6 Å². The van der Waals surface area contributed by atoms with Crippen molar-refractivity contribution in [3.8, 4) is 0 Å². The van der Waals surface area contributed by atoms with Crippen molar-refractivity contribution in [2.75, 3.05) is 11.9 Å². The molecule has 0 atom stereocenters. The second kappa shape index (κ2) is 9.93. The van der Waals surface area contributed by atoms with Crippen LogP contribution in [0.4, 0.5) is 5.13 Å². The van der Waals surface area contributed by atoms with Gasteiger partial charge >= 0.3 is 5.97 Å². The number of carbonyl (C=O) groups excluding carboxylic acids is 2. The van der Waals surface area contributed by atoms with Crippen molar-refractivity contribution in [2.45, 2.75) is 46.0 Å². The minimum Gasteiger partial charge on any atom is -0.466 e. The topological polar surface area (TPSA) is 68.3 Å². The van der Waals surface area contributed by atoms with E-state index in [-0.39, 0.29) is 11.9 Å². The van der Waals surface area contributed by atoms with Crippen LogP contribution in [0, 0.1) is 0 Å². The number of nitrogens with one attached hydrogen (secondary N) is 1. The lowest BCUT2D eigenvalue weighted by molar-refractivity contribution is -0.143. The minimum absolute atomic E-state index is 0.0936. The largest absolute Gasteiger partial charge is 0.466 e. The number of carbonyl (C=O) groups is 2. The molecule has 1 aromatic carbocycles. The quantitative estimate of drug-likeness (QED) is 0.691. The molecule has 0 radical (unpaired) electrons.